The number of carbonyl (C=O) groups is 6. The summed E-state index contributed by atoms with van der Waals surface area (Å²) in [5.74, 6) is -8.79. The maximum atomic E-state index is 17.7. The zero-order valence-corrected chi connectivity index (χ0v) is 41.1. The summed E-state index contributed by atoms with van der Waals surface area (Å²) in [5, 5.41) is 0.0990. The van der Waals surface area contributed by atoms with Crippen molar-refractivity contribution < 1.29 is 61.6 Å². The molecule has 0 saturated heterocycles. The van der Waals surface area contributed by atoms with Gasteiger partial charge in [0, 0.05) is 36.8 Å². The van der Waals surface area contributed by atoms with Gasteiger partial charge in [0.25, 0.3) is 0 Å². The van der Waals surface area contributed by atoms with Crippen molar-refractivity contribution in [1.29, 1.82) is 0 Å². The van der Waals surface area contributed by atoms with E-state index in [2.05, 4.69) is 4.98 Å². The number of esters is 6. The summed E-state index contributed by atoms with van der Waals surface area (Å²) in [4.78, 5) is 96.5. The van der Waals surface area contributed by atoms with Gasteiger partial charge in [-0.1, -0.05) is 152 Å². The molecular formula is C60H49FN2O12. The molecule has 378 valence electrons. The molecule has 0 unspecified atom stereocenters. The van der Waals surface area contributed by atoms with Gasteiger partial charge in [0.05, 0.1) is 45.6 Å². The van der Waals surface area contributed by atoms with Crippen molar-refractivity contribution in [2.45, 2.75) is 40.0 Å². The van der Waals surface area contributed by atoms with E-state index in [0.717, 1.165) is 12.3 Å². The van der Waals surface area contributed by atoms with Crippen LogP contribution in [0.5, 0.6) is 0 Å². The quantitative estimate of drug-likeness (QED) is 0.0553. The Bertz CT molecular complexity index is 3240. The van der Waals surface area contributed by atoms with Crippen LogP contribution in [0.15, 0.2) is 170 Å². The van der Waals surface area contributed by atoms with E-state index in [1.54, 1.807) is 178 Å². The summed E-state index contributed by atoms with van der Waals surface area (Å²) in [6.45, 7) is -0.556. The molecule has 14 nitrogen and oxygen atoms in total. The summed E-state index contributed by atoms with van der Waals surface area (Å²) in [6.07, 6.45) is 1.14. The van der Waals surface area contributed by atoms with E-state index in [4.69, 9.17) is 28.4 Å². The predicted molar refractivity (Wildman–Crippen MR) is 275 cm³/mol. The molecular weight excluding hydrogens is 960 g/mol. The first-order valence-electron chi connectivity index (χ1n) is 23.7. The molecule has 0 aliphatic carbocycles. The smallest absolute Gasteiger partial charge is 0.341 e. The number of halogens is 1. The number of pyridine rings is 1. The Hall–Kier alpha value is -9.50. The number of carbonyl (C=O) groups excluding carboxylic acids is 6. The molecule has 75 heavy (non-hydrogen) atoms. The molecule has 0 atom stereocenters. The number of aromatic nitrogens is 1. The first-order chi connectivity index (χ1) is 36.4. The highest BCUT2D eigenvalue weighted by Crippen LogP contribution is 2.44. The standard InChI is InChI=1S/C60H49FN2O12/c1-4-70-55(64)44-32-62-53-43(54(44)63(2)3)30-31-45(61)46(53)47-48(56(65)71-33-38-20-10-5-11-21-38)50(58(67)73-35-40-24-14-7-15-25-40)52(60(69)75-37-42-28-18-9-19-29-42)51(59(68)74-36-41-26-16-8-17-27-41)49(47)57(66)72-34-39-22-12-6-13-23-39/h5-32H,4,33-37H2,1-3H3. The highest BCUT2D eigenvalue weighted by molar-refractivity contribution is 6.24. The number of fused-ring (bicyclic) bond motifs is 1. The lowest BCUT2D eigenvalue weighted by atomic mass is 9.82. The summed E-state index contributed by atoms with van der Waals surface area (Å²) in [7, 11) is 3.24. The van der Waals surface area contributed by atoms with Gasteiger partial charge in [0.2, 0.25) is 0 Å². The maximum absolute atomic E-state index is 17.7. The van der Waals surface area contributed by atoms with Crippen LogP contribution < -0.4 is 4.90 Å². The van der Waals surface area contributed by atoms with Gasteiger partial charge in [-0.15, -0.1) is 0 Å². The van der Waals surface area contributed by atoms with E-state index in [-0.39, 0.29) is 28.8 Å². The summed E-state index contributed by atoms with van der Waals surface area (Å²) in [6, 6.07) is 44.6. The maximum Gasteiger partial charge on any atom is 0.341 e. The second-order valence-corrected chi connectivity index (χ2v) is 17.0. The van der Waals surface area contributed by atoms with Gasteiger partial charge >= 0.3 is 35.8 Å². The van der Waals surface area contributed by atoms with Crippen molar-refractivity contribution in [3.63, 3.8) is 0 Å². The van der Waals surface area contributed by atoms with E-state index in [9.17, 15) is 4.79 Å². The van der Waals surface area contributed by atoms with Crippen LogP contribution in [-0.4, -0.2) is 61.5 Å². The number of rotatable bonds is 19. The zero-order chi connectivity index (χ0) is 52.8. The Balaban J connectivity index is 1.52. The third kappa shape index (κ3) is 12.1. The summed E-state index contributed by atoms with van der Waals surface area (Å²) < 4.78 is 52.8. The minimum atomic E-state index is -1.39. The minimum Gasteiger partial charge on any atom is -0.462 e. The molecule has 8 aromatic rings. The third-order valence-electron chi connectivity index (χ3n) is 11.7. The first-order valence-corrected chi connectivity index (χ1v) is 23.7. The molecule has 0 bridgehead atoms. The molecule has 0 amide bonds. The molecule has 0 aliphatic heterocycles. The Kier molecular flexibility index (Phi) is 16.8. The molecule has 0 spiro atoms. The number of anilines is 1. The van der Waals surface area contributed by atoms with Crippen molar-refractivity contribution in [3.05, 3.63) is 237 Å². The van der Waals surface area contributed by atoms with Crippen LogP contribution in [0.2, 0.25) is 0 Å². The van der Waals surface area contributed by atoms with Crippen LogP contribution in [0.25, 0.3) is 22.0 Å². The van der Waals surface area contributed by atoms with Gasteiger partial charge in [-0.2, -0.15) is 0 Å². The largest absolute Gasteiger partial charge is 0.462 e. The second kappa shape index (κ2) is 24.3. The van der Waals surface area contributed by atoms with Crippen LogP contribution in [0.3, 0.4) is 0 Å². The summed E-state index contributed by atoms with van der Waals surface area (Å²) in [5.41, 5.74) is -3.70. The van der Waals surface area contributed by atoms with Crippen molar-refractivity contribution in [2.75, 3.05) is 25.6 Å². The molecule has 0 radical (unpaired) electrons. The van der Waals surface area contributed by atoms with Gasteiger partial charge in [0.15, 0.2) is 0 Å². The first kappa shape index (κ1) is 51.8. The molecule has 15 heteroatoms. The SMILES string of the molecule is CCOC(=O)c1cnc2c(-c3c(C(=O)OCc4ccccc4)c(C(=O)OCc4ccccc4)c(C(=O)OCc4ccccc4)c(C(=O)OCc4ccccc4)c3C(=O)OCc3ccccc3)c(F)ccc2c1N(C)C. The fraction of sp³-hybridized carbons (Fsp3) is 0.150. The second-order valence-electron chi connectivity index (χ2n) is 17.0. The molecule has 0 fully saturated rings. The Labute approximate surface area is 431 Å². The molecule has 0 saturated carbocycles. The number of benzene rings is 7. The van der Waals surface area contributed by atoms with Crippen LogP contribution in [0.1, 0.15) is 96.9 Å². The topological polar surface area (TPSA) is 174 Å². The monoisotopic (exact) mass is 1010 g/mol. The molecule has 1 aromatic heterocycles. The third-order valence-corrected chi connectivity index (χ3v) is 11.7. The molecule has 1 heterocycles. The van der Waals surface area contributed by atoms with E-state index >= 15 is 28.4 Å². The van der Waals surface area contributed by atoms with Gasteiger partial charge in [0.1, 0.15) is 44.4 Å². The van der Waals surface area contributed by atoms with Crippen molar-refractivity contribution in [3.8, 4) is 11.1 Å². The highest BCUT2D eigenvalue weighted by atomic mass is 19.1. The van der Waals surface area contributed by atoms with Crippen LogP contribution in [-0.2, 0) is 61.5 Å². The molecule has 0 aliphatic rings. The van der Waals surface area contributed by atoms with E-state index in [0.29, 0.717) is 27.8 Å². The molecule has 0 N–H and O–H groups in total. The molecule has 8 rings (SSSR count). The van der Waals surface area contributed by atoms with Crippen molar-refractivity contribution in [1.82, 2.24) is 4.98 Å². The highest BCUT2D eigenvalue weighted by Gasteiger charge is 2.43. The lowest BCUT2D eigenvalue weighted by Crippen LogP contribution is -2.29. The van der Waals surface area contributed by atoms with Gasteiger partial charge in [-0.25, -0.2) is 33.2 Å². The lowest BCUT2D eigenvalue weighted by Gasteiger charge is -2.25. The van der Waals surface area contributed by atoms with Crippen LogP contribution in [0.4, 0.5) is 10.1 Å². The minimum absolute atomic E-state index is 0.00768. The normalized spacial score (nSPS) is 10.8. The van der Waals surface area contributed by atoms with Gasteiger partial charge in [-0.05, 0) is 46.9 Å². The Morgan fingerprint density at radius 1 is 0.413 bits per heavy atom. The van der Waals surface area contributed by atoms with E-state index in [1.807, 2.05) is 0 Å². The number of nitrogens with zero attached hydrogens (tertiary/aromatic N) is 2. The average Bonchev–Trinajstić information content (AvgIpc) is 3.45. The fourth-order valence-corrected chi connectivity index (χ4v) is 8.30. The van der Waals surface area contributed by atoms with Crippen LogP contribution in [0, 0.1) is 5.82 Å². The lowest BCUT2D eigenvalue weighted by molar-refractivity contribution is 0.0379. The number of hydrogen-bond donors (Lipinski definition) is 0. The summed E-state index contributed by atoms with van der Waals surface area (Å²) >= 11 is 0. The van der Waals surface area contributed by atoms with Crippen LogP contribution >= 0.6 is 0 Å². The average molecular weight is 1010 g/mol. The Morgan fingerprint density at radius 2 is 0.733 bits per heavy atom. The number of ether oxygens (including phenoxy) is 6. The van der Waals surface area contributed by atoms with Crippen molar-refractivity contribution in [2.24, 2.45) is 0 Å². The zero-order valence-electron chi connectivity index (χ0n) is 41.1. The predicted octanol–water partition coefficient (Wildman–Crippen LogP) is 11.1. The Morgan fingerprint density at radius 3 is 1.05 bits per heavy atom. The number of hydrogen-bond acceptors (Lipinski definition) is 14. The van der Waals surface area contributed by atoms with E-state index < -0.39 is 114 Å². The van der Waals surface area contributed by atoms with Crippen molar-refractivity contribution >= 4 is 52.4 Å². The fourth-order valence-electron chi connectivity index (χ4n) is 8.30. The van der Waals surface area contributed by atoms with Gasteiger partial charge < -0.3 is 33.3 Å². The van der Waals surface area contributed by atoms with Gasteiger partial charge in [-0.3, -0.25) is 4.98 Å². The van der Waals surface area contributed by atoms with E-state index in [1.165, 1.54) is 6.07 Å². The molecule has 7 aromatic carbocycles.